The fourth-order valence-corrected chi connectivity index (χ4v) is 3.98. The molecule has 0 amide bonds. The molecule has 1 aromatic heterocycles. The lowest BCUT2D eigenvalue weighted by Crippen LogP contribution is -2.36. The van der Waals surface area contributed by atoms with E-state index in [0.29, 0.717) is 23.5 Å². The van der Waals surface area contributed by atoms with Crippen molar-refractivity contribution in [3.63, 3.8) is 0 Å². The first-order chi connectivity index (χ1) is 13.2. The third-order valence-corrected chi connectivity index (χ3v) is 5.49. The fourth-order valence-electron chi connectivity index (χ4n) is 3.81. The average molecular weight is 389 g/mol. The van der Waals surface area contributed by atoms with E-state index in [-0.39, 0.29) is 0 Å². The molecule has 0 radical (unpaired) electrons. The van der Waals surface area contributed by atoms with E-state index in [4.69, 9.17) is 22.2 Å². The second-order valence-corrected chi connectivity index (χ2v) is 8.03. The van der Waals surface area contributed by atoms with Crippen LogP contribution in [-0.4, -0.2) is 47.8 Å². The van der Waals surface area contributed by atoms with Crippen molar-refractivity contribution < 1.29 is 0 Å². The molecule has 1 atom stereocenters. The molecule has 3 heterocycles. The van der Waals surface area contributed by atoms with Gasteiger partial charge in [-0.2, -0.15) is 9.97 Å². The van der Waals surface area contributed by atoms with E-state index < -0.39 is 0 Å². The van der Waals surface area contributed by atoms with Crippen molar-refractivity contribution in [2.24, 2.45) is 5.92 Å². The molecule has 0 bridgehead atoms. The van der Waals surface area contributed by atoms with E-state index >= 15 is 0 Å². The minimum atomic E-state index is 0.529. The minimum absolute atomic E-state index is 0.529. The van der Waals surface area contributed by atoms with Gasteiger partial charge >= 0.3 is 0 Å². The van der Waals surface area contributed by atoms with Crippen LogP contribution in [0.5, 0.6) is 0 Å². The molecule has 2 aliphatic heterocycles. The highest BCUT2D eigenvalue weighted by molar-refractivity contribution is 7.80. The van der Waals surface area contributed by atoms with Crippen LogP contribution in [0.3, 0.4) is 0 Å². The maximum atomic E-state index is 5.36. The van der Waals surface area contributed by atoms with Crippen molar-refractivity contribution in [2.75, 3.05) is 47.8 Å². The Kier molecular flexibility index (Phi) is 7.26. The molecule has 2 N–H and O–H groups in total. The number of anilines is 3. The quantitative estimate of drug-likeness (QED) is 0.591. The summed E-state index contributed by atoms with van der Waals surface area (Å²) in [6, 6.07) is 2.16. The molecular weight excluding hydrogens is 356 g/mol. The summed E-state index contributed by atoms with van der Waals surface area (Å²) in [5, 5.41) is 6.78. The Morgan fingerprint density at radius 2 is 1.81 bits per heavy atom. The minimum Gasteiger partial charge on any atom is -0.359 e. The zero-order valence-electron chi connectivity index (χ0n) is 16.4. The molecule has 3 rings (SSSR count). The van der Waals surface area contributed by atoms with E-state index in [9.17, 15) is 0 Å². The Balaban J connectivity index is 1.84. The van der Waals surface area contributed by atoms with Crippen LogP contribution < -0.4 is 20.4 Å². The number of rotatable bonds is 5. The molecule has 0 aliphatic carbocycles. The number of nitrogens with one attached hydrogen (secondary N) is 2. The largest absolute Gasteiger partial charge is 0.359 e. The van der Waals surface area contributed by atoms with Crippen molar-refractivity contribution in [3.05, 3.63) is 18.7 Å². The van der Waals surface area contributed by atoms with Gasteiger partial charge in [-0.3, -0.25) is 0 Å². The van der Waals surface area contributed by atoms with Gasteiger partial charge < -0.3 is 20.4 Å². The van der Waals surface area contributed by atoms with Gasteiger partial charge in [0.15, 0.2) is 5.11 Å². The molecule has 2 saturated heterocycles. The first kappa shape index (κ1) is 19.9. The summed E-state index contributed by atoms with van der Waals surface area (Å²) in [4.78, 5) is 14.4. The maximum absolute atomic E-state index is 5.36. The van der Waals surface area contributed by atoms with Gasteiger partial charge in [-0.1, -0.05) is 25.8 Å². The monoisotopic (exact) mass is 388 g/mol. The summed E-state index contributed by atoms with van der Waals surface area (Å²) in [6.07, 6.45) is 9.35. The highest BCUT2D eigenvalue weighted by atomic mass is 32.1. The van der Waals surface area contributed by atoms with Gasteiger partial charge in [-0.15, -0.1) is 6.58 Å². The average Bonchev–Trinajstić information content (AvgIpc) is 2.95. The van der Waals surface area contributed by atoms with Gasteiger partial charge in [0, 0.05) is 38.8 Å². The number of hydrogen-bond donors (Lipinski definition) is 2. The molecule has 0 aromatic carbocycles. The summed E-state index contributed by atoms with van der Waals surface area (Å²) in [6.45, 7) is 10.9. The van der Waals surface area contributed by atoms with Gasteiger partial charge in [0.05, 0.1) is 0 Å². The predicted molar refractivity (Wildman–Crippen MR) is 118 cm³/mol. The Morgan fingerprint density at radius 1 is 1.15 bits per heavy atom. The molecule has 0 spiro atoms. The van der Waals surface area contributed by atoms with Crippen molar-refractivity contribution in [2.45, 2.75) is 45.4 Å². The van der Waals surface area contributed by atoms with Crippen molar-refractivity contribution in [1.29, 1.82) is 0 Å². The lowest BCUT2D eigenvalue weighted by Gasteiger charge is -2.33. The molecule has 148 valence electrons. The number of piperidine rings is 1. The molecule has 0 unspecified atom stereocenters. The molecule has 2 aliphatic rings. The lowest BCUT2D eigenvalue weighted by molar-refractivity contribution is 0.444. The zero-order chi connectivity index (χ0) is 19.1. The van der Waals surface area contributed by atoms with Gasteiger partial charge in [0.2, 0.25) is 5.95 Å². The van der Waals surface area contributed by atoms with E-state index in [2.05, 4.69) is 40.0 Å². The SMILES string of the molecule is C=CCNC(=S)Nc1nc(N2CCCCCC2)cc(N2CCC[C@H](C)C2)n1. The van der Waals surface area contributed by atoms with Crippen LogP contribution in [0.25, 0.3) is 0 Å². The number of hydrogen-bond acceptors (Lipinski definition) is 5. The predicted octanol–water partition coefficient (Wildman–Crippen LogP) is 3.57. The van der Waals surface area contributed by atoms with Crippen LogP contribution in [0.1, 0.15) is 45.4 Å². The summed E-state index contributed by atoms with van der Waals surface area (Å²) >= 11 is 5.36. The fraction of sp³-hybridized carbons (Fsp3) is 0.650. The van der Waals surface area contributed by atoms with Gasteiger partial charge in [-0.05, 0) is 43.8 Å². The molecular formula is C20H32N6S. The Bertz CT molecular complexity index is 621. The van der Waals surface area contributed by atoms with Crippen LogP contribution in [-0.2, 0) is 0 Å². The molecule has 1 aromatic rings. The first-order valence-corrected chi connectivity index (χ1v) is 10.6. The van der Waals surface area contributed by atoms with Crippen LogP contribution in [0.15, 0.2) is 18.7 Å². The number of thiocarbonyl (C=S) groups is 1. The van der Waals surface area contributed by atoms with Crippen LogP contribution in [0.4, 0.5) is 17.6 Å². The number of nitrogens with zero attached hydrogens (tertiary/aromatic N) is 4. The van der Waals surface area contributed by atoms with Crippen LogP contribution >= 0.6 is 12.2 Å². The highest BCUT2D eigenvalue weighted by Gasteiger charge is 2.21. The van der Waals surface area contributed by atoms with E-state index in [1.165, 1.54) is 38.5 Å². The maximum Gasteiger partial charge on any atom is 0.232 e. The Morgan fingerprint density at radius 3 is 2.48 bits per heavy atom. The standard InChI is InChI=1S/C20H32N6S/c1-3-10-21-20(27)24-19-22-17(25-11-6-4-5-7-12-25)14-18(23-19)26-13-8-9-16(2)15-26/h3,14,16H,1,4-13,15H2,2H3,(H2,21,22,23,24,27)/t16-/m0/s1. The van der Waals surface area contributed by atoms with Gasteiger partial charge in [0.25, 0.3) is 0 Å². The lowest BCUT2D eigenvalue weighted by atomic mass is 10.0. The van der Waals surface area contributed by atoms with Crippen LogP contribution in [0, 0.1) is 5.92 Å². The molecule has 2 fully saturated rings. The normalized spacial score (nSPS) is 20.7. The number of aromatic nitrogens is 2. The van der Waals surface area contributed by atoms with Crippen LogP contribution in [0.2, 0.25) is 0 Å². The summed E-state index contributed by atoms with van der Waals surface area (Å²) in [5.41, 5.74) is 0. The van der Waals surface area contributed by atoms with E-state index in [1.54, 1.807) is 6.08 Å². The smallest absolute Gasteiger partial charge is 0.232 e. The van der Waals surface area contributed by atoms with Crippen molar-refractivity contribution >= 4 is 34.9 Å². The molecule has 27 heavy (non-hydrogen) atoms. The summed E-state index contributed by atoms with van der Waals surface area (Å²) < 4.78 is 0. The Labute approximate surface area is 168 Å². The second kappa shape index (κ2) is 9.88. The first-order valence-electron chi connectivity index (χ1n) is 10.2. The van der Waals surface area contributed by atoms with E-state index in [0.717, 1.165) is 37.8 Å². The van der Waals surface area contributed by atoms with Gasteiger partial charge in [0.1, 0.15) is 11.6 Å². The molecule has 7 heteroatoms. The highest BCUT2D eigenvalue weighted by Crippen LogP contribution is 2.27. The summed E-state index contributed by atoms with van der Waals surface area (Å²) in [5.74, 6) is 3.28. The third-order valence-electron chi connectivity index (χ3n) is 5.24. The van der Waals surface area contributed by atoms with Gasteiger partial charge in [-0.25, -0.2) is 0 Å². The summed E-state index contributed by atoms with van der Waals surface area (Å²) in [7, 11) is 0. The van der Waals surface area contributed by atoms with Crippen molar-refractivity contribution in [3.8, 4) is 0 Å². The topological polar surface area (TPSA) is 56.3 Å². The third kappa shape index (κ3) is 5.79. The zero-order valence-corrected chi connectivity index (χ0v) is 17.2. The van der Waals surface area contributed by atoms with Crippen molar-refractivity contribution in [1.82, 2.24) is 15.3 Å². The second-order valence-electron chi connectivity index (χ2n) is 7.63. The molecule has 0 saturated carbocycles. The van der Waals surface area contributed by atoms with E-state index in [1.807, 2.05) is 0 Å². The Hall–Kier alpha value is -1.89. The molecule has 6 nitrogen and oxygen atoms in total.